The second-order valence-electron chi connectivity index (χ2n) is 5.50. The summed E-state index contributed by atoms with van der Waals surface area (Å²) in [6, 6.07) is 5.45. The summed E-state index contributed by atoms with van der Waals surface area (Å²) in [4.78, 5) is 12.1. The van der Waals surface area contributed by atoms with Crippen LogP contribution in [0.5, 0.6) is 0 Å². The maximum Gasteiger partial charge on any atom is 0.282 e. The molecule has 0 saturated heterocycles. The monoisotopic (exact) mass is 343 g/mol. The molecule has 2 unspecified atom stereocenters. The highest BCUT2D eigenvalue weighted by Crippen LogP contribution is 2.50. The Bertz CT molecular complexity index is 747. The van der Waals surface area contributed by atoms with E-state index in [0.717, 1.165) is 4.68 Å². The first-order chi connectivity index (χ1) is 10.8. The van der Waals surface area contributed by atoms with Crippen molar-refractivity contribution in [3.63, 3.8) is 0 Å². The van der Waals surface area contributed by atoms with E-state index in [2.05, 4.69) is 10.4 Å². The van der Waals surface area contributed by atoms with E-state index in [1.165, 1.54) is 13.2 Å². The molecule has 1 aromatic carbocycles. The van der Waals surface area contributed by atoms with Crippen molar-refractivity contribution in [1.82, 2.24) is 15.1 Å². The Morgan fingerprint density at radius 1 is 1.43 bits per heavy atom. The van der Waals surface area contributed by atoms with E-state index in [4.69, 9.17) is 11.6 Å². The number of halogens is 4. The first-order valence-corrected chi connectivity index (χ1v) is 7.26. The first kappa shape index (κ1) is 15.9. The number of aryl methyl sites for hydroxylation is 1. The fourth-order valence-corrected chi connectivity index (χ4v) is 2.65. The number of carbonyl (C=O) groups excluding carboxylic acids is 1. The Morgan fingerprint density at radius 2 is 2.09 bits per heavy atom. The van der Waals surface area contributed by atoms with Gasteiger partial charge in [-0.3, -0.25) is 9.48 Å². The fraction of sp³-hybridized carbons (Fsp3) is 0.333. The second-order valence-corrected chi connectivity index (χ2v) is 5.94. The highest BCUT2D eigenvalue weighted by atomic mass is 35.5. The third-order valence-corrected chi connectivity index (χ3v) is 4.08. The Balaban J connectivity index is 1.74. The fourth-order valence-electron chi connectivity index (χ4n) is 2.53. The largest absolute Gasteiger partial charge is 0.345 e. The van der Waals surface area contributed by atoms with Crippen molar-refractivity contribution in [2.75, 3.05) is 0 Å². The number of hydrogen-bond donors (Lipinski definition) is 1. The molecule has 0 radical (unpaired) electrons. The van der Waals surface area contributed by atoms with Crippen LogP contribution in [0, 0.1) is 0 Å². The predicted octanol–water partition coefficient (Wildman–Crippen LogP) is 3.38. The number of nitrogens with one attached hydrogen (secondary N) is 1. The van der Waals surface area contributed by atoms with Crippen LogP contribution >= 0.6 is 11.6 Å². The Labute approximate surface area is 135 Å². The first-order valence-electron chi connectivity index (χ1n) is 6.89. The van der Waals surface area contributed by atoms with Crippen LogP contribution in [0.3, 0.4) is 0 Å². The molecule has 1 amide bonds. The standard InChI is InChI=1S/C15H13ClF3N3O/c1-22-7-10(12(21-22)13(17)18)14(23)20-11-6-15(11,19)8-2-4-9(16)5-3-8/h2-5,7,11,13H,6H2,1H3,(H,20,23). The maximum atomic E-state index is 14.7. The lowest BCUT2D eigenvalue weighted by molar-refractivity contribution is 0.0926. The molecule has 1 saturated carbocycles. The zero-order valence-corrected chi connectivity index (χ0v) is 12.8. The molecule has 0 spiro atoms. The van der Waals surface area contributed by atoms with Crippen LogP contribution in [0.25, 0.3) is 0 Å². The Morgan fingerprint density at radius 3 is 2.70 bits per heavy atom. The molecule has 4 nitrogen and oxygen atoms in total. The highest BCUT2D eigenvalue weighted by Gasteiger charge is 2.57. The number of nitrogens with zero attached hydrogens (tertiary/aromatic N) is 2. The van der Waals surface area contributed by atoms with Crippen LogP contribution < -0.4 is 5.32 Å². The van der Waals surface area contributed by atoms with E-state index in [0.29, 0.717) is 10.6 Å². The summed E-state index contributed by atoms with van der Waals surface area (Å²) in [5.41, 5.74) is -2.16. The van der Waals surface area contributed by atoms with Gasteiger partial charge in [0, 0.05) is 24.7 Å². The molecule has 122 valence electrons. The molecule has 1 aromatic heterocycles. The van der Waals surface area contributed by atoms with Gasteiger partial charge in [0.15, 0.2) is 5.67 Å². The van der Waals surface area contributed by atoms with Gasteiger partial charge in [0.05, 0.1) is 11.6 Å². The van der Waals surface area contributed by atoms with Gasteiger partial charge in [-0.05, 0) is 17.7 Å². The van der Waals surface area contributed by atoms with Crippen LogP contribution in [0.15, 0.2) is 30.5 Å². The van der Waals surface area contributed by atoms with E-state index < -0.39 is 29.7 Å². The third kappa shape index (κ3) is 2.93. The van der Waals surface area contributed by atoms with Crippen molar-refractivity contribution < 1.29 is 18.0 Å². The number of hydrogen-bond acceptors (Lipinski definition) is 2. The van der Waals surface area contributed by atoms with Gasteiger partial charge >= 0.3 is 0 Å². The van der Waals surface area contributed by atoms with Crippen molar-refractivity contribution in [3.8, 4) is 0 Å². The normalized spacial score (nSPS) is 23.1. The number of alkyl halides is 3. The van der Waals surface area contributed by atoms with Crippen LogP contribution in [-0.2, 0) is 12.7 Å². The van der Waals surface area contributed by atoms with Crippen LogP contribution in [-0.4, -0.2) is 21.7 Å². The van der Waals surface area contributed by atoms with Gasteiger partial charge in [-0.15, -0.1) is 0 Å². The quantitative estimate of drug-likeness (QED) is 0.925. The summed E-state index contributed by atoms with van der Waals surface area (Å²) >= 11 is 5.76. The number of rotatable bonds is 4. The summed E-state index contributed by atoms with van der Waals surface area (Å²) in [5, 5.41) is 6.49. The van der Waals surface area contributed by atoms with E-state index in [1.807, 2.05) is 0 Å². The molecule has 1 aliphatic carbocycles. The molecule has 3 rings (SSSR count). The lowest BCUT2D eigenvalue weighted by Crippen LogP contribution is -2.30. The number of amides is 1. The predicted molar refractivity (Wildman–Crippen MR) is 78.3 cm³/mol. The maximum absolute atomic E-state index is 14.7. The van der Waals surface area contributed by atoms with Gasteiger partial charge in [-0.2, -0.15) is 5.10 Å². The molecule has 23 heavy (non-hydrogen) atoms. The van der Waals surface area contributed by atoms with E-state index >= 15 is 0 Å². The van der Waals surface area contributed by atoms with Gasteiger partial charge in [0.1, 0.15) is 5.69 Å². The van der Waals surface area contributed by atoms with Crippen LogP contribution in [0.2, 0.25) is 5.02 Å². The lowest BCUT2D eigenvalue weighted by Gasteiger charge is -2.10. The molecule has 2 aromatic rings. The molecule has 2 atom stereocenters. The van der Waals surface area contributed by atoms with Gasteiger partial charge in [0.25, 0.3) is 12.3 Å². The summed E-state index contributed by atoms with van der Waals surface area (Å²) in [6.07, 6.45) is -1.59. The average Bonchev–Trinajstić information content (AvgIpc) is 2.96. The van der Waals surface area contributed by atoms with E-state index in [1.54, 1.807) is 24.3 Å². The summed E-state index contributed by atoms with van der Waals surface area (Å²) in [5.74, 6) is -0.758. The molecule has 1 heterocycles. The van der Waals surface area contributed by atoms with Gasteiger partial charge in [0.2, 0.25) is 0 Å². The summed E-state index contributed by atoms with van der Waals surface area (Å²) in [7, 11) is 1.44. The average molecular weight is 344 g/mol. The summed E-state index contributed by atoms with van der Waals surface area (Å²) < 4.78 is 41.6. The molecule has 0 bridgehead atoms. The second kappa shape index (κ2) is 5.56. The van der Waals surface area contributed by atoms with Crippen LogP contribution in [0.4, 0.5) is 13.2 Å². The third-order valence-electron chi connectivity index (χ3n) is 3.83. The topological polar surface area (TPSA) is 46.9 Å². The highest BCUT2D eigenvalue weighted by molar-refractivity contribution is 6.30. The van der Waals surface area contributed by atoms with Crippen molar-refractivity contribution >= 4 is 17.5 Å². The molecule has 0 aliphatic heterocycles. The molecule has 1 fully saturated rings. The lowest BCUT2D eigenvalue weighted by atomic mass is 10.1. The van der Waals surface area contributed by atoms with Crippen molar-refractivity contribution in [2.45, 2.75) is 24.6 Å². The zero-order chi connectivity index (χ0) is 16.8. The molecule has 1 aliphatic rings. The molecule has 8 heteroatoms. The Hall–Kier alpha value is -2.02. The van der Waals surface area contributed by atoms with Crippen molar-refractivity contribution in [2.24, 2.45) is 7.05 Å². The minimum Gasteiger partial charge on any atom is -0.345 e. The van der Waals surface area contributed by atoms with Gasteiger partial charge < -0.3 is 5.32 Å². The van der Waals surface area contributed by atoms with Crippen LogP contribution in [0.1, 0.15) is 34.5 Å². The van der Waals surface area contributed by atoms with Gasteiger partial charge in [-0.25, -0.2) is 13.2 Å². The number of benzene rings is 1. The molecular weight excluding hydrogens is 331 g/mol. The van der Waals surface area contributed by atoms with Crippen molar-refractivity contribution in [3.05, 3.63) is 52.3 Å². The van der Waals surface area contributed by atoms with E-state index in [-0.39, 0.29) is 12.0 Å². The minimum absolute atomic E-state index is 0.0879. The molecular formula is C15H13ClF3N3O. The smallest absolute Gasteiger partial charge is 0.282 e. The minimum atomic E-state index is -2.87. The Kier molecular flexibility index (Phi) is 3.83. The SMILES string of the molecule is Cn1cc(C(=O)NC2CC2(F)c2ccc(Cl)cc2)c(C(F)F)n1. The zero-order valence-electron chi connectivity index (χ0n) is 12.1. The van der Waals surface area contributed by atoms with Crippen molar-refractivity contribution in [1.29, 1.82) is 0 Å². The molecule has 1 N–H and O–H groups in total. The van der Waals surface area contributed by atoms with Gasteiger partial charge in [-0.1, -0.05) is 23.7 Å². The van der Waals surface area contributed by atoms with E-state index in [9.17, 15) is 18.0 Å². The number of aromatic nitrogens is 2. The number of carbonyl (C=O) groups is 1. The summed E-state index contributed by atoms with van der Waals surface area (Å²) in [6.45, 7) is 0.